The van der Waals surface area contributed by atoms with E-state index in [0.717, 1.165) is 6.07 Å². The van der Waals surface area contributed by atoms with E-state index in [1.54, 1.807) is 0 Å². The molecule has 1 unspecified atom stereocenters. The second-order valence-corrected chi connectivity index (χ2v) is 4.42. The van der Waals surface area contributed by atoms with Crippen LogP contribution in [0.5, 0.6) is 0 Å². The Morgan fingerprint density at radius 2 is 2.13 bits per heavy atom. The minimum Gasteiger partial charge on any atom is -0.309 e. The minimum absolute atomic E-state index is 0.0157. The summed E-state index contributed by atoms with van der Waals surface area (Å²) in [6.45, 7) is 0.412. The predicted octanol–water partition coefficient (Wildman–Crippen LogP) is 2.47. The van der Waals surface area contributed by atoms with E-state index in [0.29, 0.717) is 13.0 Å². The van der Waals surface area contributed by atoms with E-state index in [9.17, 15) is 13.6 Å². The van der Waals surface area contributed by atoms with Crippen molar-refractivity contribution in [3.63, 3.8) is 0 Å². The third kappa shape index (κ3) is 1.76. The molecule has 1 amide bonds. The number of benzene rings is 1. The van der Waals surface area contributed by atoms with Crippen molar-refractivity contribution >= 4 is 27.5 Å². The Hall–Kier alpha value is -0.970. The van der Waals surface area contributed by atoms with Crippen LogP contribution < -0.4 is 4.90 Å². The third-order valence-electron chi connectivity index (χ3n) is 2.36. The van der Waals surface area contributed by atoms with Gasteiger partial charge in [-0.1, -0.05) is 22.0 Å². The van der Waals surface area contributed by atoms with Crippen molar-refractivity contribution in [2.24, 2.45) is 0 Å². The Bertz CT molecular complexity index is 410. The lowest BCUT2D eigenvalue weighted by molar-refractivity contribution is -0.116. The Morgan fingerprint density at radius 1 is 1.40 bits per heavy atom. The van der Waals surface area contributed by atoms with E-state index in [4.69, 9.17) is 0 Å². The lowest BCUT2D eigenvalue weighted by atomic mass is 10.2. The van der Waals surface area contributed by atoms with Crippen molar-refractivity contribution in [1.29, 1.82) is 0 Å². The Morgan fingerprint density at radius 3 is 2.73 bits per heavy atom. The summed E-state index contributed by atoms with van der Waals surface area (Å²) in [7, 11) is 0. The summed E-state index contributed by atoms with van der Waals surface area (Å²) in [5, 5.41) is 0. The Balaban J connectivity index is 2.38. The fourth-order valence-electron chi connectivity index (χ4n) is 1.59. The molecule has 1 aromatic carbocycles. The van der Waals surface area contributed by atoms with E-state index in [-0.39, 0.29) is 16.4 Å². The number of rotatable bonds is 1. The van der Waals surface area contributed by atoms with Crippen LogP contribution in [0.4, 0.5) is 14.5 Å². The maximum Gasteiger partial charge on any atom is 0.240 e. The molecule has 0 N–H and O–H groups in total. The summed E-state index contributed by atoms with van der Waals surface area (Å²) in [5.74, 6) is -2.12. The van der Waals surface area contributed by atoms with Gasteiger partial charge in [0.1, 0.15) is 0 Å². The molecule has 1 aliphatic heterocycles. The molecule has 0 saturated carbocycles. The van der Waals surface area contributed by atoms with Crippen LogP contribution in [-0.2, 0) is 4.79 Å². The molecule has 2 nitrogen and oxygen atoms in total. The summed E-state index contributed by atoms with van der Waals surface area (Å²) in [5.41, 5.74) is 0.0157. The number of alkyl halides is 1. The van der Waals surface area contributed by atoms with Crippen LogP contribution in [0, 0.1) is 11.6 Å². The van der Waals surface area contributed by atoms with Gasteiger partial charge in [-0.05, 0) is 18.6 Å². The average molecular weight is 276 g/mol. The van der Waals surface area contributed by atoms with Gasteiger partial charge in [-0.3, -0.25) is 4.79 Å². The molecule has 0 aliphatic carbocycles. The van der Waals surface area contributed by atoms with E-state index in [2.05, 4.69) is 15.9 Å². The molecule has 80 valence electrons. The number of hydrogen-bond donors (Lipinski definition) is 0. The van der Waals surface area contributed by atoms with E-state index in [1.165, 1.54) is 17.0 Å². The van der Waals surface area contributed by atoms with Crippen LogP contribution in [-0.4, -0.2) is 17.3 Å². The second kappa shape index (κ2) is 3.89. The molecule has 0 bridgehead atoms. The van der Waals surface area contributed by atoms with Crippen LogP contribution in [0.15, 0.2) is 18.2 Å². The molecule has 5 heteroatoms. The van der Waals surface area contributed by atoms with Gasteiger partial charge in [0, 0.05) is 6.54 Å². The molecule has 0 radical (unpaired) electrons. The first kappa shape index (κ1) is 10.5. The highest BCUT2D eigenvalue weighted by Crippen LogP contribution is 2.28. The van der Waals surface area contributed by atoms with Gasteiger partial charge < -0.3 is 4.90 Å². The van der Waals surface area contributed by atoms with Crippen LogP contribution in [0.3, 0.4) is 0 Å². The molecule has 1 aliphatic rings. The van der Waals surface area contributed by atoms with E-state index >= 15 is 0 Å². The van der Waals surface area contributed by atoms with Crippen molar-refractivity contribution in [3.8, 4) is 0 Å². The lowest BCUT2D eigenvalue weighted by Crippen LogP contribution is -2.28. The topological polar surface area (TPSA) is 20.3 Å². The fourth-order valence-corrected chi connectivity index (χ4v) is 2.04. The standard InChI is InChI=1S/C10H8BrF2NO/c11-6-4-5-14(10(6)15)8-3-1-2-7(12)9(8)13/h1-3,6H,4-5H2. The van der Waals surface area contributed by atoms with Crippen LogP contribution >= 0.6 is 15.9 Å². The largest absolute Gasteiger partial charge is 0.309 e. The summed E-state index contributed by atoms with van der Waals surface area (Å²) >= 11 is 3.18. The maximum atomic E-state index is 13.4. The molecule has 1 fully saturated rings. The SMILES string of the molecule is O=C1C(Br)CCN1c1cccc(F)c1F. The number of amides is 1. The molecule has 1 atom stereocenters. The zero-order valence-electron chi connectivity index (χ0n) is 7.71. The van der Waals surface area contributed by atoms with Crippen molar-refractivity contribution in [2.75, 3.05) is 11.4 Å². The molecule has 15 heavy (non-hydrogen) atoms. The zero-order valence-corrected chi connectivity index (χ0v) is 9.30. The van der Waals surface area contributed by atoms with Gasteiger partial charge in [0.25, 0.3) is 0 Å². The lowest BCUT2D eigenvalue weighted by Gasteiger charge is -2.16. The zero-order chi connectivity index (χ0) is 11.0. The third-order valence-corrected chi connectivity index (χ3v) is 3.21. The van der Waals surface area contributed by atoms with Gasteiger partial charge in [0.05, 0.1) is 10.5 Å². The molecule has 1 heterocycles. The van der Waals surface area contributed by atoms with Gasteiger partial charge in [-0.25, -0.2) is 8.78 Å². The fraction of sp³-hybridized carbons (Fsp3) is 0.300. The van der Waals surface area contributed by atoms with E-state index in [1.807, 2.05) is 0 Å². The maximum absolute atomic E-state index is 13.4. The first-order valence-corrected chi connectivity index (χ1v) is 5.42. The smallest absolute Gasteiger partial charge is 0.240 e. The number of hydrogen-bond acceptors (Lipinski definition) is 1. The second-order valence-electron chi connectivity index (χ2n) is 3.32. The summed E-state index contributed by atoms with van der Waals surface area (Å²) in [6, 6.07) is 3.83. The molecule has 0 spiro atoms. The van der Waals surface area contributed by atoms with Crippen LogP contribution in [0.2, 0.25) is 0 Å². The van der Waals surface area contributed by atoms with Crippen LogP contribution in [0.1, 0.15) is 6.42 Å². The quantitative estimate of drug-likeness (QED) is 0.721. The van der Waals surface area contributed by atoms with Gasteiger partial charge >= 0.3 is 0 Å². The van der Waals surface area contributed by atoms with E-state index < -0.39 is 11.6 Å². The summed E-state index contributed by atoms with van der Waals surface area (Å²) in [6.07, 6.45) is 0.606. The van der Waals surface area contributed by atoms with Gasteiger partial charge in [0.15, 0.2) is 11.6 Å². The van der Waals surface area contributed by atoms with Gasteiger partial charge in [0.2, 0.25) is 5.91 Å². The molecular weight excluding hydrogens is 268 g/mol. The first-order valence-electron chi connectivity index (χ1n) is 4.50. The normalized spacial score (nSPS) is 21.1. The monoisotopic (exact) mass is 275 g/mol. The Labute approximate surface area is 94.0 Å². The summed E-state index contributed by atoms with van der Waals surface area (Å²) < 4.78 is 26.3. The highest BCUT2D eigenvalue weighted by Gasteiger charge is 2.32. The number of anilines is 1. The molecule has 0 aromatic heterocycles. The molecule has 2 rings (SSSR count). The molecule has 1 saturated heterocycles. The van der Waals surface area contributed by atoms with Gasteiger partial charge in [-0.2, -0.15) is 0 Å². The molecule has 1 aromatic rings. The highest BCUT2D eigenvalue weighted by atomic mass is 79.9. The number of carbonyl (C=O) groups excluding carboxylic acids is 1. The van der Waals surface area contributed by atoms with Crippen molar-refractivity contribution in [2.45, 2.75) is 11.2 Å². The van der Waals surface area contributed by atoms with Crippen molar-refractivity contribution in [3.05, 3.63) is 29.8 Å². The van der Waals surface area contributed by atoms with Crippen LogP contribution in [0.25, 0.3) is 0 Å². The van der Waals surface area contributed by atoms with Crippen molar-refractivity contribution < 1.29 is 13.6 Å². The average Bonchev–Trinajstić information content (AvgIpc) is 2.53. The minimum atomic E-state index is -0.965. The Kier molecular flexibility index (Phi) is 2.73. The number of nitrogens with zero attached hydrogens (tertiary/aromatic N) is 1. The number of carbonyl (C=O) groups is 1. The van der Waals surface area contributed by atoms with Gasteiger partial charge in [-0.15, -0.1) is 0 Å². The molecular formula is C10H8BrF2NO. The first-order chi connectivity index (χ1) is 7.11. The summed E-state index contributed by atoms with van der Waals surface area (Å²) in [4.78, 5) is 12.5. The highest BCUT2D eigenvalue weighted by molar-refractivity contribution is 9.10. The number of halogens is 3. The predicted molar refractivity (Wildman–Crippen MR) is 56.0 cm³/mol. The van der Waals surface area contributed by atoms with Crippen molar-refractivity contribution in [1.82, 2.24) is 0 Å².